The van der Waals surface area contributed by atoms with E-state index in [1.165, 1.54) is 6.21 Å². The highest BCUT2D eigenvalue weighted by molar-refractivity contribution is 6.09. The summed E-state index contributed by atoms with van der Waals surface area (Å²) in [6.07, 6.45) is 6.47. The zero-order chi connectivity index (χ0) is 8.10. The van der Waals surface area contributed by atoms with Crippen molar-refractivity contribution in [2.24, 2.45) is 0 Å². The smallest absolute Gasteiger partial charge is 0.344 e. The first-order chi connectivity index (χ1) is 5.34. The van der Waals surface area contributed by atoms with Crippen molar-refractivity contribution < 1.29 is 9.53 Å². The third-order valence-electron chi connectivity index (χ3n) is 1.17. The second kappa shape index (κ2) is 3.71. The first-order valence-corrected chi connectivity index (χ1v) is 3.41. The van der Waals surface area contributed by atoms with E-state index in [1.807, 2.05) is 0 Å². The lowest BCUT2D eigenvalue weighted by molar-refractivity contribution is -0.137. The van der Waals surface area contributed by atoms with Gasteiger partial charge in [0, 0.05) is 6.08 Å². The summed E-state index contributed by atoms with van der Waals surface area (Å²) in [7, 11) is 0. The molecule has 0 saturated carbocycles. The van der Waals surface area contributed by atoms with Crippen LogP contribution in [-0.2, 0) is 9.53 Å². The number of carbonyl (C=O) groups excluding carboxylic acids is 1. The summed E-state index contributed by atoms with van der Waals surface area (Å²) >= 11 is 0. The Morgan fingerprint density at radius 1 is 1.73 bits per heavy atom. The van der Waals surface area contributed by atoms with Crippen molar-refractivity contribution in [3.63, 3.8) is 0 Å². The van der Waals surface area contributed by atoms with Crippen LogP contribution in [-0.4, -0.2) is 18.8 Å². The number of esters is 1. The Hall–Kier alpha value is -1.38. The summed E-state index contributed by atoms with van der Waals surface area (Å²) in [6, 6.07) is 0. The molecule has 0 N–H and O–H groups in total. The maximum atomic E-state index is 11.0. The molecule has 3 nitrogen and oxygen atoms in total. The van der Waals surface area contributed by atoms with Crippen LogP contribution in [0.4, 0.5) is 0 Å². The molecule has 1 aliphatic heterocycles. The predicted molar refractivity (Wildman–Crippen MR) is 42.1 cm³/mol. The average Bonchev–Trinajstić information content (AvgIpc) is 2.07. The van der Waals surface area contributed by atoms with Crippen molar-refractivity contribution in [1.82, 2.24) is 4.99 Å². The highest BCUT2D eigenvalue weighted by Gasteiger charge is 2.13. The maximum absolute atomic E-state index is 11.0. The van der Waals surface area contributed by atoms with E-state index in [9.17, 15) is 4.79 Å². The largest absolute Gasteiger partial charge is 0.462 e. The highest BCUT2D eigenvalue weighted by atomic mass is 16.5. The van der Waals surface area contributed by atoms with E-state index in [1.54, 1.807) is 25.3 Å². The molecule has 0 amide bonds. The van der Waals surface area contributed by atoms with Gasteiger partial charge in [-0.1, -0.05) is 0 Å². The van der Waals surface area contributed by atoms with Crippen molar-refractivity contribution in [2.45, 2.75) is 6.92 Å². The predicted octanol–water partition coefficient (Wildman–Crippen LogP) is 0.410. The van der Waals surface area contributed by atoms with Gasteiger partial charge in [0.25, 0.3) is 6.21 Å². The molecule has 1 rings (SSSR count). The molecular weight excluding hydrogens is 142 g/mol. The SMILES string of the molecule is CCOC(=O)C1=CC=C[N+]=C1. The van der Waals surface area contributed by atoms with Gasteiger partial charge in [-0.15, -0.1) is 0 Å². The maximum Gasteiger partial charge on any atom is 0.344 e. The number of aliphatic imine (C=N–C) groups is 1. The fraction of sp³-hybridized carbons (Fsp3) is 0.250. The lowest BCUT2D eigenvalue weighted by Gasteiger charge is -1.97. The third kappa shape index (κ3) is 2.04. The summed E-state index contributed by atoms with van der Waals surface area (Å²) in [5.41, 5.74) is 0.495. The Bertz CT molecular complexity index is 238. The lowest BCUT2D eigenvalue weighted by Crippen LogP contribution is -2.11. The molecule has 0 aromatic rings. The van der Waals surface area contributed by atoms with E-state index in [-0.39, 0.29) is 5.97 Å². The molecular formula is C8H9NO2+. The number of rotatable bonds is 2. The van der Waals surface area contributed by atoms with Crippen molar-refractivity contribution in [2.75, 3.05) is 6.61 Å². The minimum Gasteiger partial charge on any atom is -0.462 e. The molecule has 0 aromatic heterocycles. The van der Waals surface area contributed by atoms with Crippen molar-refractivity contribution >= 4 is 12.2 Å². The van der Waals surface area contributed by atoms with Gasteiger partial charge in [0.15, 0.2) is 0 Å². The second-order valence-corrected chi connectivity index (χ2v) is 1.96. The summed E-state index contributed by atoms with van der Waals surface area (Å²) in [6.45, 7) is 2.17. The molecule has 1 heterocycles. The topological polar surface area (TPSA) is 40.4 Å². The number of hydrogen-bond acceptors (Lipinski definition) is 3. The third-order valence-corrected chi connectivity index (χ3v) is 1.17. The fourth-order valence-electron chi connectivity index (χ4n) is 0.698. The van der Waals surface area contributed by atoms with E-state index in [2.05, 4.69) is 4.99 Å². The van der Waals surface area contributed by atoms with Crippen molar-refractivity contribution in [3.8, 4) is 0 Å². The van der Waals surface area contributed by atoms with Crippen LogP contribution < -0.4 is 4.99 Å². The Morgan fingerprint density at radius 2 is 2.55 bits per heavy atom. The Balaban J connectivity index is 2.61. The molecule has 0 aliphatic carbocycles. The zero-order valence-corrected chi connectivity index (χ0v) is 6.28. The number of ether oxygens (including phenoxy) is 1. The Labute approximate surface area is 65.1 Å². The lowest BCUT2D eigenvalue weighted by atomic mass is 10.2. The quantitative estimate of drug-likeness (QED) is 0.536. The Morgan fingerprint density at radius 3 is 3.09 bits per heavy atom. The molecule has 0 atom stereocenters. The van der Waals surface area contributed by atoms with Crippen molar-refractivity contribution in [3.05, 3.63) is 23.9 Å². The van der Waals surface area contributed by atoms with Crippen LogP contribution >= 0.6 is 0 Å². The molecule has 0 bridgehead atoms. The summed E-state index contributed by atoms with van der Waals surface area (Å²) in [5.74, 6) is -0.319. The van der Waals surface area contributed by atoms with Crippen LogP contribution in [0.3, 0.4) is 0 Å². The zero-order valence-electron chi connectivity index (χ0n) is 6.28. The van der Waals surface area contributed by atoms with Gasteiger partial charge >= 0.3 is 5.97 Å². The van der Waals surface area contributed by atoms with Crippen LogP contribution in [0.2, 0.25) is 0 Å². The average molecular weight is 151 g/mol. The van der Waals surface area contributed by atoms with Gasteiger partial charge in [0.05, 0.1) is 11.6 Å². The van der Waals surface area contributed by atoms with Gasteiger partial charge in [-0.25, -0.2) is 4.79 Å². The van der Waals surface area contributed by atoms with Crippen molar-refractivity contribution in [1.29, 1.82) is 0 Å². The molecule has 3 heteroatoms. The van der Waals surface area contributed by atoms with Gasteiger partial charge in [0.2, 0.25) is 6.20 Å². The molecule has 0 unspecified atom stereocenters. The van der Waals surface area contributed by atoms with E-state index in [4.69, 9.17) is 4.74 Å². The first-order valence-electron chi connectivity index (χ1n) is 3.41. The highest BCUT2D eigenvalue weighted by Crippen LogP contribution is 1.97. The molecule has 11 heavy (non-hydrogen) atoms. The van der Waals surface area contributed by atoms with Crippen LogP contribution in [0.1, 0.15) is 6.92 Å². The van der Waals surface area contributed by atoms with Crippen LogP contribution in [0.5, 0.6) is 0 Å². The first kappa shape index (κ1) is 7.72. The van der Waals surface area contributed by atoms with Gasteiger partial charge in [-0.2, -0.15) is 0 Å². The molecule has 0 aromatic carbocycles. The minimum absolute atomic E-state index is 0.319. The van der Waals surface area contributed by atoms with Crippen LogP contribution in [0.25, 0.3) is 0 Å². The number of carbonyl (C=O) groups is 1. The molecule has 1 radical (unpaired) electrons. The molecule has 0 saturated heterocycles. The molecule has 57 valence electrons. The summed E-state index contributed by atoms with van der Waals surface area (Å²) in [5, 5.41) is 0. The molecule has 0 spiro atoms. The summed E-state index contributed by atoms with van der Waals surface area (Å²) < 4.78 is 4.75. The van der Waals surface area contributed by atoms with E-state index in [0.29, 0.717) is 12.2 Å². The summed E-state index contributed by atoms with van der Waals surface area (Å²) in [4.78, 5) is 14.8. The van der Waals surface area contributed by atoms with Crippen LogP contribution in [0, 0.1) is 0 Å². The normalized spacial score (nSPS) is 14.5. The fourth-order valence-corrected chi connectivity index (χ4v) is 0.698. The van der Waals surface area contributed by atoms with Gasteiger partial charge in [-0.3, -0.25) is 0 Å². The molecule has 1 aliphatic rings. The number of hydrogen-bond donors (Lipinski definition) is 0. The standard InChI is InChI=1S/C8H9NO2/c1-2-11-8(10)7-4-3-5-9-6-7/h3-6H,2H2,1H3/q+1. The van der Waals surface area contributed by atoms with E-state index in [0.717, 1.165) is 0 Å². The number of allylic oxidation sites excluding steroid dienone is 2. The Kier molecular flexibility index (Phi) is 2.60. The van der Waals surface area contributed by atoms with Crippen LogP contribution in [0.15, 0.2) is 23.9 Å². The molecule has 0 fully saturated rings. The number of nitrogens with zero attached hydrogens (tertiary/aromatic N) is 1. The van der Waals surface area contributed by atoms with E-state index >= 15 is 0 Å². The monoisotopic (exact) mass is 151 g/mol. The second-order valence-electron chi connectivity index (χ2n) is 1.96. The van der Waals surface area contributed by atoms with Gasteiger partial charge in [0.1, 0.15) is 5.57 Å². The van der Waals surface area contributed by atoms with E-state index < -0.39 is 0 Å². The minimum atomic E-state index is -0.319. The van der Waals surface area contributed by atoms with Gasteiger partial charge < -0.3 is 4.74 Å². The van der Waals surface area contributed by atoms with Gasteiger partial charge in [-0.05, 0) is 13.0 Å².